The maximum atomic E-state index is 12.3. The van der Waals surface area contributed by atoms with E-state index in [4.69, 9.17) is 10.5 Å². The highest BCUT2D eigenvalue weighted by molar-refractivity contribution is 5.91. The van der Waals surface area contributed by atoms with E-state index in [0.29, 0.717) is 19.4 Å². The van der Waals surface area contributed by atoms with E-state index >= 15 is 0 Å². The molecule has 1 aliphatic heterocycles. The minimum atomic E-state index is -5.28. The van der Waals surface area contributed by atoms with Crippen molar-refractivity contribution in [2.24, 2.45) is 5.73 Å². The van der Waals surface area contributed by atoms with Crippen molar-refractivity contribution >= 4 is 17.9 Å². The molecule has 10 heteroatoms. The zero-order valence-corrected chi connectivity index (χ0v) is 13.6. The van der Waals surface area contributed by atoms with Gasteiger partial charge in [0.1, 0.15) is 12.6 Å². The van der Waals surface area contributed by atoms with Crippen molar-refractivity contribution in [2.45, 2.75) is 43.9 Å². The molecule has 0 aromatic heterocycles. The van der Waals surface area contributed by atoms with Crippen LogP contribution in [0.2, 0.25) is 0 Å². The van der Waals surface area contributed by atoms with E-state index in [1.165, 1.54) is 6.08 Å². The second-order valence-corrected chi connectivity index (χ2v) is 5.50. The topological polar surface area (TPSA) is 98.9 Å². The summed E-state index contributed by atoms with van der Waals surface area (Å²) < 4.78 is 45.6. The van der Waals surface area contributed by atoms with Crippen molar-refractivity contribution in [3.8, 4) is 0 Å². The smallest absolute Gasteiger partial charge is 0.461 e. The van der Waals surface area contributed by atoms with E-state index in [-0.39, 0.29) is 32.0 Å². The van der Waals surface area contributed by atoms with Crippen LogP contribution < -0.4 is 5.73 Å². The van der Waals surface area contributed by atoms with E-state index in [0.717, 1.165) is 0 Å². The number of nitrogens with zero attached hydrogens (tertiary/aromatic N) is 1. The van der Waals surface area contributed by atoms with Crippen LogP contribution in [0.25, 0.3) is 0 Å². The van der Waals surface area contributed by atoms with Gasteiger partial charge in [0.2, 0.25) is 0 Å². The number of hydrogen-bond acceptors (Lipinski definition) is 7. The third-order valence-electron chi connectivity index (χ3n) is 3.78. The third-order valence-corrected chi connectivity index (χ3v) is 3.78. The van der Waals surface area contributed by atoms with Gasteiger partial charge in [0, 0.05) is 19.0 Å². The first-order chi connectivity index (χ1) is 11.7. The third kappa shape index (κ3) is 6.46. The van der Waals surface area contributed by atoms with Crippen molar-refractivity contribution < 1.29 is 37.0 Å². The largest absolute Gasteiger partial charge is 0.491 e. The minimum Gasteiger partial charge on any atom is -0.461 e. The Bertz CT molecular complexity index is 510. The van der Waals surface area contributed by atoms with Crippen LogP contribution in [0.4, 0.5) is 13.2 Å². The number of ether oxygens (including phenoxy) is 2. The second-order valence-electron chi connectivity index (χ2n) is 5.50. The molecule has 142 valence electrons. The van der Waals surface area contributed by atoms with E-state index in [2.05, 4.69) is 11.3 Å². The van der Waals surface area contributed by atoms with Gasteiger partial charge in [-0.1, -0.05) is 12.7 Å². The number of halogens is 3. The van der Waals surface area contributed by atoms with Gasteiger partial charge >= 0.3 is 24.1 Å². The molecule has 0 bridgehead atoms. The summed E-state index contributed by atoms with van der Waals surface area (Å²) in [6.45, 7) is 3.96. The first kappa shape index (κ1) is 21.1. The summed E-state index contributed by atoms with van der Waals surface area (Å²) in [5, 5.41) is 0. The van der Waals surface area contributed by atoms with Crippen LogP contribution >= 0.6 is 0 Å². The lowest BCUT2D eigenvalue weighted by Crippen LogP contribution is -2.48. The molecular formula is C15H21F3N2O5. The lowest BCUT2D eigenvalue weighted by atomic mass is 10.1. The number of nitrogens with two attached hydrogens (primary N) is 1. The lowest BCUT2D eigenvalue weighted by Gasteiger charge is -2.30. The molecule has 0 aliphatic carbocycles. The summed E-state index contributed by atoms with van der Waals surface area (Å²) in [4.78, 5) is 36.1. The predicted molar refractivity (Wildman–Crippen MR) is 80.1 cm³/mol. The van der Waals surface area contributed by atoms with Crippen molar-refractivity contribution in [3.63, 3.8) is 0 Å². The van der Waals surface area contributed by atoms with Gasteiger partial charge in [-0.25, -0.2) is 9.59 Å². The van der Waals surface area contributed by atoms with E-state index in [1.807, 2.05) is 0 Å². The van der Waals surface area contributed by atoms with Crippen LogP contribution in [-0.2, 0) is 23.9 Å². The summed E-state index contributed by atoms with van der Waals surface area (Å²) >= 11 is 0. The zero-order valence-electron chi connectivity index (χ0n) is 13.6. The van der Waals surface area contributed by atoms with Crippen LogP contribution in [0.1, 0.15) is 25.7 Å². The Morgan fingerprint density at radius 2 is 2.04 bits per heavy atom. The van der Waals surface area contributed by atoms with Crippen molar-refractivity contribution in [1.82, 2.24) is 4.90 Å². The summed E-state index contributed by atoms with van der Waals surface area (Å²) in [5.41, 5.74) is 5.61. The van der Waals surface area contributed by atoms with Crippen molar-refractivity contribution in [2.75, 3.05) is 19.7 Å². The maximum Gasteiger partial charge on any atom is 0.491 e. The summed E-state index contributed by atoms with van der Waals surface area (Å²) in [7, 11) is 0. The number of carbonyl (C=O) groups excluding carboxylic acids is 3. The van der Waals surface area contributed by atoms with Gasteiger partial charge in [0.25, 0.3) is 0 Å². The standard InChI is InChI=1S/C15H21F3N2O5/c1-2-8-24-12(21)6-5-11(20-7-3-4-10(20)9-19)13(22)25-14(23)15(16,17)18/h2,10-11H,1,3-9,19H2/t10-,11-/m0/s1. The SMILES string of the molecule is C=CCOC(=O)CC[C@@H](C(=O)OC(=O)C(F)(F)F)N1CCC[C@H]1CN. The lowest BCUT2D eigenvalue weighted by molar-refractivity contribution is -0.203. The highest BCUT2D eigenvalue weighted by atomic mass is 19.4. The van der Waals surface area contributed by atoms with Crippen LogP contribution in [0.3, 0.4) is 0 Å². The Labute approximate surface area is 142 Å². The number of alkyl halides is 3. The molecule has 1 fully saturated rings. The van der Waals surface area contributed by atoms with Crippen molar-refractivity contribution in [3.05, 3.63) is 12.7 Å². The Morgan fingerprint density at radius 3 is 2.60 bits per heavy atom. The first-order valence-corrected chi connectivity index (χ1v) is 7.75. The Hall–Kier alpha value is -1.94. The number of rotatable bonds is 8. The minimum absolute atomic E-state index is 0.0182. The van der Waals surface area contributed by atoms with Gasteiger partial charge in [0.15, 0.2) is 0 Å². The molecule has 1 aliphatic rings. The quantitative estimate of drug-likeness (QED) is 0.387. The molecule has 0 radical (unpaired) electrons. The summed E-state index contributed by atoms with van der Waals surface area (Å²) in [6, 6.07) is -1.42. The normalized spacial score (nSPS) is 19.3. The van der Waals surface area contributed by atoms with Gasteiger partial charge in [0.05, 0.1) is 0 Å². The molecule has 0 saturated carbocycles. The average molecular weight is 366 g/mol. The highest BCUT2D eigenvalue weighted by Gasteiger charge is 2.45. The molecule has 0 unspecified atom stereocenters. The molecule has 7 nitrogen and oxygen atoms in total. The molecule has 1 saturated heterocycles. The fourth-order valence-electron chi connectivity index (χ4n) is 2.64. The average Bonchev–Trinajstić information content (AvgIpc) is 3.00. The van der Waals surface area contributed by atoms with Gasteiger partial charge in [-0.15, -0.1) is 0 Å². The molecule has 0 spiro atoms. The molecule has 2 atom stereocenters. The number of carbonyl (C=O) groups is 3. The van der Waals surface area contributed by atoms with Gasteiger partial charge < -0.3 is 15.2 Å². The Kier molecular flexibility index (Phi) is 8.04. The second kappa shape index (κ2) is 9.52. The van der Waals surface area contributed by atoms with Crippen LogP contribution in [0.15, 0.2) is 12.7 Å². The van der Waals surface area contributed by atoms with Crippen LogP contribution in [0, 0.1) is 0 Å². The molecule has 1 heterocycles. The van der Waals surface area contributed by atoms with Crippen LogP contribution in [-0.4, -0.2) is 60.8 Å². The van der Waals surface area contributed by atoms with Crippen molar-refractivity contribution in [1.29, 1.82) is 0 Å². The Morgan fingerprint density at radius 1 is 1.36 bits per heavy atom. The molecule has 1 rings (SSSR count). The van der Waals surface area contributed by atoms with E-state index in [9.17, 15) is 27.6 Å². The van der Waals surface area contributed by atoms with Gasteiger partial charge in [-0.05, 0) is 25.8 Å². The molecule has 0 aromatic carbocycles. The molecule has 0 aromatic rings. The predicted octanol–water partition coefficient (Wildman–Crippen LogP) is 0.920. The van der Waals surface area contributed by atoms with Gasteiger partial charge in [-0.3, -0.25) is 9.69 Å². The molecular weight excluding hydrogens is 345 g/mol. The number of esters is 3. The first-order valence-electron chi connectivity index (χ1n) is 7.75. The molecule has 2 N–H and O–H groups in total. The fourth-order valence-corrected chi connectivity index (χ4v) is 2.64. The van der Waals surface area contributed by atoms with E-state index in [1.54, 1.807) is 4.90 Å². The fraction of sp³-hybridized carbons (Fsp3) is 0.667. The van der Waals surface area contributed by atoms with Crippen LogP contribution in [0.5, 0.6) is 0 Å². The number of hydrogen-bond donors (Lipinski definition) is 1. The highest BCUT2D eigenvalue weighted by Crippen LogP contribution is 2.24. The molecule has 25 heavy (non-hydrogen) atoms. The molecule has 0 amide bonds. The monoisotopic (exact) mass is 366 g/mol. The number of likely N-dealkylation sites (tertiary alicyclic amines) is 1. The van der Waals surface area contributed by atoms with E-state index < -0.39 is 30.1 Å². The maximum absolute atomic E-state index is 12.3. The van der Waals surface area contributed by atoms with Gasteiger partial charge in [-0.2, -0.15) is 13.2 Å². The summed E-state index contributed by atoms with van der Waals surface area (Å²) in [5.74, 6) is -4.57. The Balaban J connectivity index is 2.80. The summed E-state index contributed by atoms with van der Waals surface area (Å²) in [6.07, 6.45) is -2.93. The zero-order chi connectivity index (χ0) is 19.0.